The van der Waals surface area contributed by atoms with Gasteiger partial charge in [0.05, 0.1) is 0 Å². The summed E-state index contributed by atoms with van der Waals surface area (Å²) in [6, 6.07) is 0.963. The van der Waals surface area contributed by atoms with Gasteiger partial charge in [-0.25, -0.2) is 0 Å². The molecule has 2 heteroatoms. The molecule has 1 saturated carbocycles. The molecule has 14 heavy (non-hydrogen) atoms. The number of rotatable bonds is 9. The van der Waals surface area contributed by atoms with E-state index < -0.39 is 0 Å². The highest BCUT2D eigenvalue weighted by atomic mass is 79.9. The second-order valence-corrected chi connectivity index (χ2v) is 5.16. The lowest BCUT2D eigenvalue weighted by atomic mass is 10.2. The van der Waals surface area contributed by atoms with Crippen molar-refractivity contribution in [3.63, 3.8) is 0 Å². The third-order valence-electron chi connectivity index (χ3n) is 2.94. The molecule has 0 heterocycles. The molecule has 1 aliphatic rings. The van der Waals surface area contributed by atoms with Crippen LogP contribution in [0.15, 0.2) is 0 Å². The Balaban J connectivity index is 2.02. The zero-order valence-electron chi connectivity index (χ0n) is 9.47. The van der Waals surface area contributed by atoms with Gasteiger partial charge in [-0.3, -0.25) is 0 Å². The second-order valence-electron chi connectivity index (χ2n) is 4.37. The molecule has 1 rings (SSSR count). The van der Waals surface area contributed by atoms with Crippen molar-refractivity contribution in [1.29, 1.82) is 0 Å². The Morgan fingerprint density at radius 2 is 1.79 bits per heavy atom. The smallest absolute Gasteiger partial charge is 0.00964 e. The summed E-state index contributed by atoms with van der Waals surface area (Å²) >= 11 is 3.49. The molecule has 1 fully saturated rings. The molecule has 0 unspecified atom stereocenters. The van der Waals surface area contributed by atoms with E-state index in [2.05, 4.69) is 27.8 Å². The summed E-state index contributed by atoms with van der Waals surface area (Å²) in [6.07, 6.45) is 9.77. The van der Waals surface area contributed by atoms with E-state index in [0.717, 1.165) is 6.04 Å². The van der Waals surface area contributed by atoms with Crippen LogP contribution in [0.2, 0.25) is 0 Å². The van der Waals surface area contributed by atoms with Gasteiger partial charge in [-0.1, -0.05) is 35.7 Å². The van der Waals surface area contributed by atoms with Gasteiger partial charge in [0, 0.05) is 11.4 Å². The SMILES string of the molecule is CCCCN(CCCCCBr)C1CC1. The fourth-order valence-electron chi connectivity index (χ4n) is 1.86. The van der Waals surface area contributed by atoms with E-state index >= 15 is 0 Å². The second kappa shape index (κ2) is 7.70. The first kappa shape index (κ1) is 12.5. The van der Waals surface area contributed by atoms with E-state index in [4.69, 9.17) is 0 Å². The molecule has 1 nitrogen and oxygen atoms in total. The fraction of sp³-hybridized carbons (Fsp3) is 1.00. The van der Waals surface area contributed by atoms with E-state index in [1.807, 2.05) is 0 Å². The van der Waals surface area contributed by atoms with Crippen molar-refractivity contribution in [2.24, 2.45) is 0 Å². The number of alkyl halides is 1. The van der Waals surface area contributed by atoms with Crippen molar-refractivity contribution in [3.05, 3.63) is 0 Å². The minimum atomic E-state index is 0.963. The first-order valence-corrected chi connectivity index (χ1v) is 7.30. The molecule has 0 spiro atoms. The van der Waals surface area contributed by atoms with E-state index in [1.165, 1.54) is 63.4 Å². The summed E-state index contributed by atoms with van der Waals surface area (Å²) in [6.45, 7) is 4.98. The van der Waals surface area contributed by atoms with Gasteiger partial charge in [0.25, 0.3) is 0 Å². The van der Waals surface area contributed by atoms with Gasteiger partial charge in [-0.2, -0.15) is 0 Å². The molecule has 0 aliphatic heterocycles. The van der Waals surface area contributed by atoms with Crippen LogP contribution in [-0.4, -0.2) is 29.4 Å². The normalized spacial score (nSPS) is 16.5. The zero-order chi connectivity index (χ0) is 10.2. The zero-order valence-corrected chi connectivity index (χ0v) is 11.1. The van der Waals surface area contributed by atoms with Crippen LogP contribution in [0.1, 0.15) is 51.9 Å². The number of hydrogen-bond acceptors (Lipinski definition) is 1. The fourth-order valence-corrected chi connectivity index (χ4v) is 2.26. The van der Waals surface area contributed by atoms with Crippen LogP contribution in [0.5, 0.6) is 0 Å². The summed E-state index contributed by atoms with van der Waals surface area (Å²) in [7, 11) is 0. The van der Waals surface area contributed by atoms with E-state index in [9.17, 15) is 0 Å². The summed E-state index contributed by atoms with van der Waals surface area (Å²) in [5, 5.41) is 1.17. The largest absolute Gasteiger partial charge is 0.300 e. The molecule has 0 aromatic rings. The Labute approximate surface area is 97.4 Å². The maximum Gasteiger partial charge on any atom is 0.00964 e. The topological polar surface area (TPSA) is 3.24 Å². The number of halogens is 1. The molecule has 0 N–H and O–H groups in total. The van der Waals surface area contributed by atoms with E-state index in [1.54, 1.807) is 0 Å². The van der Waals surface area contributed by atoms with Gasteiger partial charge in [0.2, 0.25) is 0 Å². The molecular weight excluding hydrogens is 238 g/mol. The van der Waals surface area contributed by atoms with Crippen molar-refractivity contribution in [2.45, 2.75) is 57.9 Å². The Bertz CT molecular complexity index is 134. The van der Waals surface area contributed by atoms with Crippen LogP contribution in [0.3, 0.4) is 0 Å². The minimum absolute atomic E-state index is 0.963. The maximum atomic E-state index is 3.49. The van der Waals surface area contributed by atoms with Gasteiger partial charge in [0.1, 0.15) is 0 Å². The van der Waals surface area contributed by atoms with Crippen molar-refractivity contribution in [2.75, 3.05) is 18.4 Å². The lowest BCUT2D eigenvalue weighted by molar-refractivity contribution is 0.254. The number of nitrogens with zero attached hydrogens (tertiary/aromatic N) is 1. The highest BCUT2D eigenvalue weighted by Crippen LogP contribution is 2.27. The van der Waals surface area contributed by atoms with Crippen LogP contribution in [0.4, 0.5) is 0 Å². The average molecular weight is 262 g/mol. The molecule has 0 aromatic heterocycles. The average Bonchev–Trinajstić information content (AvgIpc) is 3.00. The predicted molar refractivity (Wildman–Crippen MR) is 67.1 cm³/mol. The monoisotopic (exact) mass is 261 g/mol. The van der Waals surface area contributed by atoms with Gasteiger partial charge in [-0.15, -0.1) is 0 Å². The number of unbranched alkanes of at least 4 members (excludes halogenated alkanes) is 3. The van der Waals surface area contributed by atoms with Crippen molar-refractivity contribution in [3.8, 4) is 0 Å². The highest BCUT2D eigenvalue weighted by molar-refractivity contribution is 9.09. The third-order valence-corrected chi connectivity index (χ3v) is 3.50. The Hall–Kier alpha value is 0.440. The van der Waals surface area contributed by atoms with Crippen molar-refractivity contribution < 1.29 is 0 Å². The van der Waals surface area contributed by atoms with E-state index in [-0.39, 0.29) is 0 Å². The van der Waals surface area contributed by atoms with E-state index in [0.29, 0.717) is 0 Å². The quantitative estimate of drug-likeness (QED) is 0.451. The maximum absolute atomic E-state index is 3.49. The van der Waals surface area contributed by atoms with Gasteiger partial charge >= 0.3 is 0 Å². The van der Waals surface area contributed by atoms with Crippen LogP contribution in [0.25, 0.3) is 0 Å². The molecule has 0 atom stereocenters. The predicted octanol–water partition coefficient (Wildman–Crippen LogP) is 3.82. The molecule has 84 valence electrons. The van der Waals surface area contributed by atoms with Gasteiger partial charge in [-0.05, 0) is 45.2 Å². The molecule has 0 bridgehead atoms. The summed E-state index contributed by atoms with van der Waals surface area (Å²) in [5.41, 5.74) is 0. The lowest BCUT2D eigenvalue weighted by Gasteiger charge is -2.21. The summed E-state index contributed by atoms with van der Waals surface area (Å²) in [4.78, 5) is 2.72. The van der Waals surface area contributed by atoms with Crippen LogP contribution in [0, 0.1) is 0 Å². The summed E-state index contributed by atoms with van der Waals surface area (Å²) < 4.78 is 0. The third kappa shape index (κ3) is 5.35. The van der Waals surface area contributed by atoms with Crippen LogP contribution in [-0.2, 0) is 0 Å². The molecule has 0 saturated heterocycles. The minimum Gasteiger partial charge on any atom is -0.300 e. The van der Waals surface area contributed by atoms with Crippen LogP contribution < -0.4 is 0 Å². The van der Waals surface area contributed by atoms with Crippen LogP contribution >= 0.6 is 15.9 Å². The Morgan fingerprint density at radius 1 is 1.07 bits per heavy atom. The molecule has 0 amide bonds. The van der Waals surface area contributed by atoms with Crippen molar-refractivity contribution in [1.82, 2.24) is 4.90 Å². The summed E-state index contributed by atoms with van der Waals surface area (Å²) in [5.74, 6) is 0. The Morgan fingerprint density at radius 3 is 2.36 bits per heavy atom. The lowest BCUT2D eigenvalue weighted by Crippen LogP contribution is -2.28. The molecule has 1 aliphatic carbocycles. The van der Waals surface area contributed by atoms with Gasteiger partial charge in [0.15, 0.2) is 0 Å². The first-order valence-electron chi connectivity index (χ1n) is 6.18. The van der Waals surface area contributed by atoms with Gasteiger partial charge < -0.3 is 4.90 Å². The molecule has 0 aromatic carbocycles. The first-order chi connectivity index (χ1) is 6.88. The standard InChI is InChI=1S/C12H24BrN/c1-2-3-10-14(12-7-8-12)11-6-4-5-9-13/h12H,2-11H2,1H3. The molecule has 0 radical (unpaired) electrons. The molecular formula is C12H24BrN. The highest BCUT2D eigenvalue weighted by Gasteiger charge is 2.27. The Kier molecular flexibility index (Phi) is 6.88. The van der Waals surface area contributed by atoms with Crippen molar-refractivity contribution >= 4 is 15.9 Å². The number of hydrogen-bond donors (Lipinski definition) is 0.